The maximum absolute atomic E-state index is 11.2. The number of aryl methyl sites for hydroxylation is 1. The van der Waals surface area contributed by atoms with E-state index in [1.165, 1.54) is 0 Å². The quantitative estimate of drug-likeness (QED) is 0.784. The molecule has 1 aromatic rings. The summed E-state index contributed by atoms with van der Waals surface area (Å²) >= 11 is 0. The second-order valence-electron chi connectivity index (χ2n) is 4.91. The smallest absolute Gasteiger partial charge is 0.136 e. The van der Waals surface area contributed by atoms with Crippen molar-refractivity contribution in [3.05, 3.63) is 17.6 Å². The van der Waals surface area contributed by atoms with E-state index in [-0.39, 0.29) is 0 Å². The van der Waals surface area contributed by atoms with Crippen molar-refractivity contribution in [1.29, 1.82) is 0 Å². The number of piperidine rings is 1. The molecule has 0 N–H and O–H groups in total. The molecule has 1 saturated heterocycles. The van der Waals surface area contributed by atoms with Crippen molar-refractivity contribution < 1.29 is 4.79 Å². The van der Waals surface area contributed by atoms with E-state index in [1.807, 2.05) is 13.0 Å². The maximum atomic E-state index is 11.2. The maximum Gasteiger partial charge on any atom is 0.136 e. The molecular weight excluding hydrogens is 214 g/mol. The van der Waals surface area contributed by atoms with E-state index in [0.29, 0.717) is 24.5 Å². The third-order valence-corrected chi connectivity index (χ3v) is 3.02. The van der Waals surface area contributed by atoms with Crippen LogP contribution in [0.15, 0.2) is 6.07 Å². The van der Waals surface area contributed by atoms with Gasteiger partial charge in [-0.25, -0.2) is 9.97 Å². The summed E-state index contributed by atoms with van der Waals surface area (Å²) in [6.45, 7) is 7.75. The predicted molar refractivity (Wildman–Crippen MR) is 67.3 cm³/mol. The SMILES string of the molecule is Cc1cc(N2CCC(=O)CC2)nc(C(C)C)n1. The van der Waals surface area contributed by atoms with Crippen LogP contribution in [-0.4, -0.2) is 28.8 Å². The Morgan fingerprint density at radius 3 is 2.47 bits per heavy atom. The largest absolute Gasteiger partial charge is 0.356 e. The molecule has 0 aromatic carbocycles. The van der Waals surface area contributed by atoms with E-state index in [2.05, 4.69) is 28.7 Å². The van der Waals surface area contributed by atoms with Gasteiger partial charge in [-0.1, -0.05) is 13.8 Å². The van der Waals surface area contributed by atoms with Gasteiger partial charge in [0.1, 0.15) is 17.4 Å². The van der Waals surface area contributed by atoms with Gasteiger partial charge >= 0.3 is 0 Å². The Morgan fingerprint density at radius 1 is 1.24 bits per heavy atom. The zero-order valence-electron chi connectivity index (χ0n) is 10.7. The highest BCUT2D eigenvalue weighted by Gasteiger charge is 2.18. The Morgan fingerprint density at radius 2 is 1.88 bits per heavy atom. The van der Waals surface area contributed by atoms with Crippen LogP contribution >= 0.6 is 0 Å². The van der Waals surface area contributed by atoms with Crippen molar-refractivity contribution in [2.75, 3.05) is 18.0 Å². The number of anilines is 1. The normalized spacial score (nSPS) is 16.7. The van der Waals surface area contributed by atoms with Crippen molar-refractivity contribution in [2.45, 2.75) is 39.5 Å². The van der Waals surface area contributed by atoms with Gasteiger partial charge in [0.25, 0.3) is 0 Å². The summed E-state index contributed by atoms with van der Waals surface area (Å²) in [4.78, 5) is 22.4. The molecule has 2 heterocycles. The van der Waals surface area contributed by atoms with Crippen LogP contribution < -0.4 is 4.90 Å². The van der Waals surface area contributed by atoms with E-state index in [9.17, 15) is 4.79 Å². The summed E-state index contributed by atoms with van der Waals surface area (Å²) in [6.07, 6.45) is 1.28. The van der Waals surface area contributed by atoms with Crippen molar-refractivity contribution in [2.24, 2.45) is 0 Å². The molecule has 0 bridgehead atoms. The zero-order valence-corrected chi connectivity index (χ0v) is 10.7. The van der Waals surface area contributed by atoms with E-state index < -0.39 is 0 Å². The number of nitrogens with zero attached hydrogens (tertiary/aromatic N) is 3. The summed E-state index contributed by atoms with van der Waals surface area (Å²) in [7, 11) is 0. The molecule has 17 heavy (non-hydrogen) atoms. The van der Waals surface area contributed by atoms with Crippen molar-refractivity contribution >= 4 is 11.6 Å². The first-order valence-electron chi connectivity index (χ1n) is 6.18. The van der Waals surface area contributed by atoms with Crippen LogP contribution in [0.3, 0.4) is 0 Å². The van der Waals surface area contributed by atoms with E-state index in [4.69, 9.17) is 0 Å². The lowest BCUT2D eigenvalue weighted by Gasteiger charge is -2.27. The van der Waals surface area contributed by atoms with Gasteiger partial charge < -0.3 is 4.90 Å². The molecule has 1 aromatic heterocycles. The first-order valence-corrected chi connectivity index (χ1v) is 6.18. The van der Waals surface area contributed by atoms with E-state index in [1.54, 1.807) is 0 Å². The molecule has 1 fully saturated rings. The molecule has 4 heteroatoms. The summed E-state index contributed by atoms with van der Waals surface area (Å²) < 4.78 is 0. The van der Waals surface area contributed by atoms with Crippen LogP contribution in [0.2, 0.25) is 0 Å². The van der Waals surface area contributed by atoms with Gasteiger partial charge in [0.05, 0.1) is 0 Å². The predicted octanol–water partition coefficient (Wildman–Crippen LogP) is 2.08. The number of Topliss-reactive ketones (excluding diaryl/α,β-unsaturated/α-hetero) is 1. The lowest BCUT2D eigenvalue weighted by Crippen LogP contribution is -2.34. The van der Waals surface area contributed by atoms with Gasteiger partial charge in [0, 0.05) is 43.6 Å². The topological polar surface area (TPSA) is 46.1 Å². The number of hydrogen-bond donors (Lipinski definition) is 0. The summed E-state index contributed by atoms with van der Waals surface area (Å²) in [5.74, 6) is 2.54. The third-order valence-electron chi connectivity index (χ3n) is 3.02. The fraction of sp³-hybridized carbons (Fsp3) is 0.615. The highest BCUT2D eigenvalue weighted by Crippen LogP contribution is 2.19. The zero-order chi connectivity index (χ0) is 12.4. The lowest BCUT2D eigenvalue weighted by atomic mass is 10.1. The van der Waals surface area contributed by atoms with Gasteiger partial charge in [0.2, 0.25) is 0 Å². The number of ketones is 1. The molecule has 0 amide bonds. The summed E-state index contributed by atoms with van der Waals surface area (Å²) in [6, 6.07) is 2.00. The summed E-state index contributed by atoms with van der Waals surface area (Å²) in [5, 5.41) is 0. The number of carbonyl (C=O) groups is 1. The Labute approximate surface area is 102 Å². The third kappa shape index (κ3) is 2.81. The Kier molecular flexibility index (Phi) is 3.41. The van der Waals surface area contributed by atoms with Gasteiger partial charge in [-0.3, -0.25) is 4.79 Å². The molecule has 0 atom stereocenters. The lowest BCUT2D eigenvalue weighted by molar-refractivity contribution is -0.119. The first-order chi connectivity index (χ1) is 8.06. The minimum absolute atomic E-state index is 0.333. The van der Waals surface area contributed by atoms with Crippen LogP contribution in [0, 0.1) is 6.92 Å². The average Bonchev–Trinajstić information content (AvgIpc) is 2.29. The van der Waals surface area contributed by atoms with Crippen LogP contribution in [0.1, 0.15) is 44.1 Å². The Bertz CT molecular complexity index is 419. The number of hydrogen-bond acceptors (Lipinski definition) is 4. The van der Waals surface area contributed by atoms with E-state index >= 15 is 0 Å². The van der Waals surface area contributed by atoms with Crippen LogP contribution in [-0.2, 0) is 4.79 Å². The molecule has 0 aliphatic carbocycles. The summed E-state index contributed by atoms with van der Waals surface area (Å²) in [5.41, 5.74) is 0.996. The Balaban J connectivity index is 2.23. The Hall–Kier alpha value is -1.45. The van der Waals surface area contributed by atoms with Gasteiger partial charge in [-0.05, 0) is 6.92 Å². The first kappa shape index (κ1) is 12.0. The fourth-order valence-electron chi connectivity index (χ4n) is 1.98. The monoisotopic (exact) mass is 233 g/mol. The van der Waals surface area contributed by atoms with Crippen LogP contribution in [0.25, 0.3) is 0 Å². The molecule has 0 unspecified atom stereocenters. The van der Waals surface area contributed by atoms with Gasteiger partial charge in [-0.2, -0.15) is 0 Å². The van der Waals surface area contributed by atoms with Crippen molar-refractivity contribution in [3.63, 3.8) is 0 Å². The molecule has 0 spiro atoms. The van der Waals surface area contributed by atoms with Crippen LogP contribution in [0.4, 0.5) is 5.82 Å². The van der Waals surface area contributed by atoms with Crippen molar-refractivity contribution in [3.8, 4) is 0 Å². The second-order valence-corrected chi connectivity index (χ2v) is 4.91. The number of rotatable bonds is 2. The number of aromatic nitrogens is 2. The van der Waals surface area contributed by atoms with Gasteiger partial charge in [-0.15, -0.1) is 0 Å². The highest BCUT2D eigenvalue weighted by molar-refractivity contribution is 5.80. The molecule has 4 nitrogen and oxygen atoms in total. The second kappa shape index (κ2) is 4.82. The van der Waals surface area contributed by atoms with E-state index in [0.717, 1.165) is 30.4 Å². The molecule has 0 saturated carbocycles. The molecular formula is C13H19N3O. The number of carbonyl (C=O) groups excluding carboxylic acids is 1. The van der Waals surface area contributed by atoms with Gasteiger partial charge in [0.15, 0.2) is 0 Å². The standard InChI is InChI=1S/C13H19N3O/c1-9(2)13-14-10(3)8-12(15-13)16-6-4-11(17)5-7-16/h8-9H,4-7H2,1-3H3. The molecule has 0 radical (unpaired) electrons. The molecule has 2 rings (SSSR count). The van der Waals surface area contributed by atoms with Crippen molar-refractivity contribution in [1.82, 2.24) is 9.97 Å². The minimum Gasteiger partial charge on any atom is -0.356 e. The highest BCUT2D eigenvalue weighted by atomic mass is 16.1. The minimum atomic E-state index is 0.333. The molecule has 1 aliphatic rings. The molecule has 92 valence electrons. The fourth-order valence-corrected chi connectivity index (χ4v) is 1.98. The average molecular weight is 233 g/mol. The van der Waals surface area contributed by atoms with Crippen LogP contribution in [0.5, 0.6) is 0 Å². The molecule has 1 aliphatic heterocycles.